The molecular formula is C22H24FN5O4. The molecule has 0 spiro atoms. The minimum atomic E-state index is -1.47. The quantitative estimate of drug-likeness (QED) is 0.469. The van der Waals surface area contributed by atoms with Gasteiger partial charge in [-0.1, -0.05) is 24.3 Å². The number of alkyl halides is 1. The van der Waals surface area contributed by atoms with Crippen molar-refractivity contribution in [3.8, 4) is 5.75 Å². The molecule has 2 heterocycles. The van der Waals surface area contributed by atoms with Crippen LogP contribution in [0.5, 0.6) is 5.75 Å². The predicted octanol–water partition coefficient (Wildman–Crippen LogP) is 2.85. The molecule has 2 unspecified atom stereocenters. The van der Waals surface area contributed by atoms with E-state index >= 15 is 0 Å². The maximum Gasteiger partial charge on any atom is 0.407 e. The molecule has 1 aliphatic heterocycles. The lowest BCUT2D eigenvalue weighted by atomic mass is 10.1. The molecule has 1 fully saturated rings. The lowest BCUT2D eigenvalue weighted by Gasteiger charge is -2.20. The number of halogens is 1. The van der Waals surface area contributed by atoms with Crippen molar-refractivity contribution < 1.29 is 23.8 Å². The van der Waals surface area contributed by atoms with Gasteiger partial charge in [0.2, 0.25) is 0 Å². The van der Waals surface area contributed by atoms with Crippen molar-refractivity contribution in [3.05, 3.63) is 59.9 Å². The Balaban J connectivity index is 1.51. The number of H-pyrrole nitrogens is 1. The molecule has 3 amide bonds. The first kappa shape index (κ1) is 21.4. The van der Waals surface area contributed by atoms with E-state index in [0.29, 0.717) is 12.2 Å². The van der Waals surface area contributed by atoms with Crippen molar-refractivity contribution in [3.63, 3.8) is 0 Å². The van der Waals surface area contributed by atoms with Crippen LogP contribution < -0.4 is 15.4 Å². The van der Waals surface area contributed by atoms with E-state index in [1.54, 1.807) is 7.11 Å². The molecule has 4 rings (SSSR count). The second kappa shape index (κ2) is 9.13. The Kier molecular flexibility index (Phi) is 6.11. The molecule has 1 aliphatic rings. The molecule has 0 radical (unpaired) electrons. The molecule has 168 valence electrons. The van der Waals surface area contributed by atoms with E-state index in [4.69, 9.17) is 9.84 Å². The Morgan fingerprint density at radius 2 is 2.00 bits per heavy atom. The van der Waals surface area contributed by atoms with Gasteiger partial charge in [0.15, 0.2) is 0 Å². The van der Waals surface area contributed by atoms with Crippen molar-refractivity contribution in [2.24, 2.45) is 0 Å². The van der Waals surface area contributed by atoms with Gasteiger partial charge in [-0.05, 0) is 36.2 Å². The van der Waals surface area contributed by atoms with Gasteiger partial charge in [-0.3, -0.25) is 0 Å². The van der Waals surface area contributed by atoms with Gasteiger partial charge in [0.05, 0.1) is 36.8 Å². The normalized spacial score (nSPS) is 19.0. The van der Waals surface area contributed by atoms with E-state index in [-0.39, 0.29) is 13.1 Å². The maximum atomic E-state index is 14.2. The number of nitrogens with zero attached hydrogens (tertiary/aromatic N) is 2. The zero-order valence-electron chi connectivity index (χ0n) is 17.4. The van der Waals surface area contributed by atoms with Gasteiger partial charge in [0.1, 0.15) is 17.7 Å². The lowest BCUT2D eigenvalue weighted by molar-refractivity contribution is 0.152. The molecule has 1 saturated heterocycles. The minimum absolute atomic E-state index is 0.0995. The Hall–Kier alpha value is -3.82. The van der Waals surface area contributed by atoms with Crippen molar-refractivity contribution in [2.75, 3.05) is 20.2 Å². The number of carboxylic acid groups (broad SMARTS) is 1. The summed E-state index contributed by atoms with van der Waals surface area (Å²) in [6.07, 6.45) is -2.25. The number of carbonyl (C=O) groups is 2. The number of amides is 3. The zero-order chi connectivity index (χ0) is 22.7. The van der Waals surface area contributed by atoms with Gasteiger partial charge in [-0.15, -0.1) is 0 Å². The van der Waals surface area contributed by atoms with E-state index in [0.717, 1.165) is 27.2 Å². The van der Waals surface area contributed by atoms with Crippen LogP contribution in [0.4, 0.5) is 14.0 Å². The van der Waals surface area contributed by atoms with Crippen molar-refractivity contribution in [1.29, 1.82) is 0 Å². The summed E-state index contributed by atoms with van der Waals surface area (Å²) >= 11 is 0. The van der Waals surface area contributed by atoms with Gasteiger partial charge < -0.3 is 30.4 Å². The fourth-order valence-electron chi connectivity index (χ4n) is 3.78. The number of aromatic amines is 1. The number of imidazole rings is 1. The molecule has 0 saturated carbocycles. The summed E-state index contributed by atoms with van der Waals surface area (Å²) in [6.45, 7) is -0.364. The number of ether oxygens (including phenoxy) is 1. The number of carbonyl (C=O) groups excluding carboxylic acids is 1. The number of rotatable bonds is 6. The Labute approximate surface area is 183 Å². The SMILES string of the molecule is COc1ccc(C[C@@H](NC(=O)NC2CN(C(=O)O)CC2F)c2nc3ccccc3[nH]2)cc1. The third kappa shape index (κ3) is 4.74. The predicted molar refractivity (Wildman–Crippen MR) is 115 cm³/mol. The van der Waals surface area contributed by atoms with Gasteiger partial charge >= 0.3 is 12.1 Å². The molecule has 1 aromatic heterocycles. The van der Waals surface area contributed by atoms with Gasteiger partial charge in [0.25, 0.3) is 0 Å². The number of benzene rings is 2. The van der Waals surface area contributed by atoms with E-state index in [9.17, 15) is 14.0 Å². The largest absolute Gasteiger partial charge is 0.497 e. The summed E-state index contributed by atoms with van der Waals surface area (Å²) in [5, 5.41) is 14.5. The van der Waals surface area contributed by atoms with Gasteiger partial charge in [-0.25, -0.2) is 19.0 Å². The number of hydrogen-bond acceptors (Lipinski definition) is 4. The standard InChI is InChI=1S/C22H24FN5O4/c1-32-14-8-6-13(7-9-14)10-18(20-24-16-4-2-3-5-17(16)25-20)26-21(29)27-19-12-28(22(30)31)11-15(19)23/h2-9,15,18-19H,10-12H2,1H3,(H,24,25)(H,30,31)(H2,26,27,29)/t15?,18-,19?/m1/s1. The van der Waals surface area contributed by atoms with Crippen LogP contribution in [0.3, 0.4) is 0 Å². The van der Waals surface area contributed by atoms with Crippen LogP contribution in [-0.2, 0) is 6.42 Å². The molecule has 2 aromatic carbocycles. The van der Waals surface area contributed by atoms with E-state index < -0.39 is 30.4 Å². The first-order valence-electron chi connectivity index (χ1n) is 10.2. The fourth-order valence-corrected chi connectivity index (χ4v) is 3.78. The average molecular weight is 441 g/mol. The lowest BCUT2D eigenvalue weighted by Crippen LogP contribution is -2.48. The third-order valence-corrected chi connectivity index (χ3v) is 5.48. The van der Waals surface area contributed by atoms with Crippen LogP contribution >= 0.6 is 0 Å². The van der Waals surface area contributed by atoms with E-state index in [1.165, 1.54) is 0 Å². The first-order valence-corrected chi connectivity index (χ1v) is 10.2. The Bertz CT molecular complexity index is 1070. The number of para-hydroxylation sites is 2. The summed E-state index contributed by atoms with van der Waals surface area (Å²) < 4.78 is 19.4. The number of hydrogen-bond donors (Lipinski definition) is 4. The minimum Gasteiger partial charge on any atom is -0.497 e. The number of nitrogens with one attached hydrogen (secondary N) is 3. The summed E-state index contributed by atoms with van der Waals surface area (Å²) in [4.78, 5) is 32.6. The van der Waals surface area contributed by atoms with Crippen LogP contribution in [0.15, 0.2) is 48.5 Å². The highest BCUT2D eigenvalue weighted by Gasteiger charge is 2.36. The molecule has 3 aromatic rings. The highest BCUT2D eigenvalue weighted by atomic mass is 19.1. The number of aromatic nitrogens is 2. The van der Waals surface area contributed by atoms with Gasteiger partial charge in [0, 0.05) is 6.54 Å². The number of urea groups is 1. The number of likely N-dealkylation sites (tertiary alicyclic amines) is 1. The Morgan fingerprint density at radius 1 is 1.25 bits per heavy atom. The smallest absolute Gasteiger partial charge is 0.407 e. The topological polar surface area (TPSA) is 120 Å². The first-order chi connectivity index (χ1) is 15.4. The molecule has 9 nitrogen and oxygen atoms in total. The second-order valence-corrected chi connectivity index (χ2v) is 7.67. The monoisotopic (exact) mass is 441 g/mol. The fraction of sp³-hybridized carbons (Fsp3) is 0.318. The van der Waals surface area contributed by atoms with E-state index in [1.807, 2.05) is 48.5 Å². The Morgan fingerprint density at radius 3 is 2.66 bits per heavy atom. The molecule has 10 heteroatoms. The molecule has 0 aliphatic carbocycles. The summed E-state index contributed by atoms with van der Waals surface area (Å²) in [7, 11) is 1.59. The summed E-state index contributed by atoms with van der Waals surface area (Å²) in [6, 6.07) is 12.9. The van der Waals surface area contributed by atoms with Crippen molar-refractivity contribution >= 4 is 23.2 Å². The maximum absolute atomic E-state index is 14.2. The van der Waals surface area contributed by atoms with Crippen molar-refractivity contribution in [1.82, 2.24) is 25.5 Å². The highest BCUT2D eigenvalue weighted by molar-refractivity contribution is 5.77. The number of methoxy groups -OCH3 is 1. The van der Waals surface area contributed by atoms with Crippen LogP contribution in [0.25, 0.3) is 11.0 Å². The molecule has 3 atom stereocenters. The van der Waals surface area contributed by atoms with Crippen LogP contribution in [-0.4, -0.2) is 64.5 Å². The number of fused-ring (bicyclic) bond motifs is 1. The zero-order valence-corrected chi connectivity index (χ0v) is 17.4. The molecule has 0 bridgehead atoms. The molecule has 4 N–H and O–H groups in total. The summed E-state index contributed by atoms with van der Waals surface area (Å²) in [5.41, 5.74) is 2.54. The van der Waals surface area contributed by atoms with Crippen LogP contribution in [0, 0.1) is 0 Å². The van der Waals surface area contributed by atoms with Gasteiger partial charge in [-0.2, -0.15) is 0 Å². The summed E-state index contributed by atoms with van der Waals surface area (Å²) in [5.74, 6) is 1.28. The third-order valence-electron chi connectivity index (χ3n) is 5.48. The average Bonchev–Trinajstić information content (AvgIpc) is 3.37. The molecule has 32 heavy (non-hydrogen) atoms. The second-order valence-electron chi connectivity index (χ2n) is 7.67. The highest BCUT2D eigenvalue weighted by Crippen LogP contribution is 2.22. The molecular weight excluding hydrogens is 417 g/mol. The van der Waals surface area contributed by atoms with Crippen LogP contribution in [0.2, 0.25) is 0 Å². The van der Waals surface area contributed by atoms with Crippen LogP contribution in [0.1, 0.15) is 17.4 Å². The van der Waals surface area contributed by atoms with Crippen molar-refractivity contribution in [2.45, 2.75) is 24.7 Å². The van der Waals surface area contributed by atoms with E-state index in [2.05, 4.69) is 20.6 Å².